The van der Waals surface area contributed by atoms with Gasteiger partial charge in [0, 0.05) is 31.1 Å². The number of aryl methyl sites for hydroxylation is 1. The summed E-state index contributed by atoms with van der Waals surface area (Å²) in [6.07, 6.45) is -2.84. The lowest BCUT2D eigenvalue weighted by Gasteiger charge is -2.17. The van der Waals surface area contributed by atoms with Crippen LogP contribution >= 0.6 is 0 Å². The second-order valence-electron chi connectivity index (χ2n) is 8.33. The predicted molar refractivity (Wildman–Crippen MR) is 136 cm³/mol. The van der Waals surface area contributed by atoms with E-state index in [0.29, 0.717) is 34.5 Å². The van der Waals surface area contributed by atoms with Crippen LogP contribution in [0.25, 0.3) is 11.0 Å². The van der Waals surface area contributed by atoms with Gasteiger partial charge in [0.25, 0.3) is 0 Å². The van der Waals surface area contributed by atoms with Crippen molar-refractivity contribution in [2.45, 2.75) is 20.0 Å². The molecule has 4 aromatic rings. The van der Waals surface area contributed by atoms with Crippen LogP contribution < -0.4 is 15.4 Å². The van der Waals surface area contributed by atoms with Crippen molar-refractivity contribution in [3.63, 3.8) is 0 Å². The van der Waals surface area contributed by atoms with Gasteiger partial charge in [0.05, 0.1) is 23.1 Å². The molecule has 0 radical (unpaired) electrons. The second-order valence-corrected chi connectivity index (χ2v) is 8.33. The Bertz CT molecular complexity index is 1380. The highest BCUT2D eigenvalue weighted by atomic mass is 19.4. The molecule has 0 fully saturated rings. The van der Waals surface area contributed by atoms with Crippen molar-refractivity contribution in [2.24, 2.45) is 7.05 Å². The number of carbonyl (C=O) groups excluding carboxylic acids is 1. The smallest absolute Gasteiger partial charge is 0.416 e. The first-order valence-electron chi connectivity index (χ1n) is 11.7. The van der Waals surface area contributed by atoms with Crippen LogP contribution in [0.5, 0.6) is 11.5 Å². The van der Waals surface area contributed by atoms with Crippen LogP contribution in [0.1, 0.15) is 19.4 Å². The summed E-state index contributed by atoms with van der Waals surface area (Å²) >= 11 is 0. The predicted octanol–water partition coefficient (Wildman–Crippen LogP) is 5.80. The number of fused-ring (bicyclic) bond motifs is 1. The highest BCUT2D eigenvalue weighted by Gasteiger charge is 2.30. The Kier molecular flexibility index (Phi) is 7.63. The maximum atomic E-state index is 12.8. The van der Waals surface area contributed by atoms with Gasteiger partial charge in [-0.1, -0.05) is 13.8 Å². The molecular weight excluding hydrogens is 485 g/mol. The lowest BCUT2D eigenvalue weighted by molar-refractivity contribution is -0.137. The van der Waals surface area contributed by atoms with Gasteiger partial charge in [-0.2, -0.15) is 13.2 Å². The number of nitrogens with zero attached hydrogens (tertiary/aromatic N) is 4. The number of alkyl halides is 3. The number of nitrogens with one attached hydrogen (secondary N) is 2. The standard InChI is InChI=1S/C26H27F3N6O2/c1-4-35(5-2)16-24(36)33-23-15-20(12-13-30-23)37-19-10-11-22-21(14-19)32-25(34(22)3)31-18-8-6-17(7-9-18)26(27,28)29/h6-15H,4-5,16H2,1-3H3,(H,31,32)(H,30,33,36). The molecule has 37 heavy (non-hydrogen) atoms. The molecule has 2 N–H and O–H groups in total. The summed E-state index contributed by atoms with van der Waals surface area (Å²) < 4.78 is 46.2. The van der Waals surface area contributed by atoms with Gasteiger partial charge in [-0.15, -0.1) is 0 Å². The van der Waals surface area contributed by atoms with Gasteiger partial charge in [0.2, 0.25) is 11.9 Å². The van der Waals surface area contributed by atoms with Gasteiger partial charge in [0.15, 0.2) is 0 Å². The number of benzene rings is 2. The van der Waals surface area contributed by atoms with Crippen molar-refractivity contribution < 1.29 is 22.7 Å². The lowest BCUT2D eigenvalue weighted by Crippen LogP contribution is -2.33. The minimum Gasteiger partial charge on any atom is -0.457 e. The first-order valence-corrected chi connectivity index (χ1v) is 11.7. The molecule has 0 aliphatic rings. The van der Waals surface area contributed by atoms with Crippen molar-refractivity contribution in [1.82, 2.24) is 19.4 Å². The number of anilines is 3. The first kappa shape index (κ1) is 26.0. The molecule has 2 aromatic carbocycles. The van der Waals surface area contributed by atoms with Crippen LogP contribution in [0.15, 0.2) is 60.8 Å². The number of carbonyl (C=O) groups is 1. The Morgan fingerprint density at radius 1 is 1.03 bits per heavy atom. The van der Waals surface area contributed by atoms with E-state index in [2.05, 4.69) is 20.6 Å². The number of halogens is 3. The monoisotopic (exact) mass is 512 g/mol. The number of ether oxygens (including phenoxy) is 1. The summed E-state index contributed by atoms with van der Waals surface area (Å²) in [6.45, 7) is 5.82. The van der Waals surface area contributed by atoms with Crippen LogP contribution in [0.2, 0.25) is 0 Å². The Labute approximate surface area is 212 Å². The minimum atomic E-state index is -4.39. The summed E-state index contributed by atoms with van der Waals surface area (Å²) in [4.78, 5) is 23.0. The Morgan fingerprint density at radius 2 is 1.73 bits per heavy atom. The van der Waals surface area contributed by atoms with Gasteiger partial charge >= 0.3 is 6.18 Å². The van der Waals surface area contributed by atoms with E-state index in [9.17, 15) is 18.0 Å². The fourth-order valence-corrected chi connectivity index (χ4v) is 3.74. The first-order chi connectivity index (χ1) is 17.7. The Hall–Kier alpha value is -4.12. The molecule has 0 aliphatic carbocycles. The lowest BCUT2D eigenvalue weighted by atomic mass is 10.2. The highest BCUT2D eigenvalue weighted by Crippen LogP contribution is 2.31. The third-order valence-corrected chi connectivity index (χ3v) is 5.82. The van der Waals surface area contributed by atoms with Crippen molar-refractivity contribution >= 4 is 34.4 Å². The molecular formula is C26H27F3N6O2. The number of imidazole rings is 1. The minimum absolute atomic E-state index is 0.156. The third-order valence-electron chi connectivity index (χ3n) is 5.82. The molecule has 2 aromatic heterocycles. The molecule has 8 nitrogen and oxygen atoms in total. The fraction of sp³-hybridized carbons (Fsp3) is 0.269. The van der Waals surface area contributed by atoms with Crippen molar-refractivity contribution in [2.75, 3.05) is 30.3 Å². The summed E-state index contributed by atoms with van der Waals surface area (Å²) in [6, 6.07) is 13.5. The molecule has 1 amide bonds. The summed E-state index contributed by atoms with van der Waals surface area (Å²) in [5, 5.41) is 5.83. The van der Waals surface area contributed by atoms with Gasteiger partial charge in [-0.25, -0.2) is 9.97 Å². The molecule has 0 saturated carbocycles. The molecule has 0 unspecified atom stereocenters. The summed E-state index contributed by atoms with van der Waals surface area (Å²) in [7, 11) is 1.80. The average Bonchev–Trinajstić information content (AvgIpc) is 3.16. The number of pyridine rings is 1. The molecule has 0 atom stereocenters. The Morgan fingerprint density at radius 3 is 2.41 bits per heavy atom. The normalized spacial score (nSPS) is 11.6. The van der Waals surface area contributed by atoms with E-state index >= 15 is 0 Å². The van der Waals surface area contributed by atoms with Crippen LogP contribution in [-0.4, -0.2) is 45.0 Å². The number of aromatic nitrogens is 3. The van der Waals surface area contributed by atoms with Crippen molar-refractivity contribution in [3.8, 4) is 11.5 Å². The summed E-state index contributed by atoms with van der Waals surface area (Å²) in [5.41, 5.74) is 1.21. The van der Waals surface area contributed by atoms with E-state index < -0.39 is 11.7 Å². The van der Waals surface area contributed by atoms with E-state index in [1.807, 2.05) is 24.8 Å². The van der Waals surface area contributed by atoms with Gasteiger partial charge in [0.1, 0.15) is 17.3 Å². The van der Waals surface area contributed by atoms with Crippen LogP contribution in [0.4, 0.5) is 30.6 Å². The quantitative estimate of drug-likeness (QED) is 0.295. The zero-order chi connectivity index (χ0) is 26.6. The maximum Gasteiger partial charge on any atom is 0.416 e. The van der Waals surface area contributed by atoms with Crippen LogP contribution in [0.3, 0.4) is 0 Å². The molecule has 0 aliphatic heterocycles. The number of amides is 1. The van der Waals surface area contributed by atoms with E-state index in [1.165, 1.54) is 12.1 Å². The highest BCUT2D eigenvalue weighted by molar-refractivity contribution is 5.91. The second kappa shape index (κ2) is 10.9. The zero-order valence-corrected chi connectivity index (χ0v) is 20.6. The largest absolute Gasteiger partial charge is 0.457 e. The molecule has 194 valence electrons. The van der Waals surface area contributed by atoms with Gasteiger partial charge in [-0.3, -0.25) is 9.69 Å². The number of hydrogen-bond acceptors (Lipinski definition) is 6. The molecule has 0 bridgehead atoms. The third kappa shape index (κ3) is 6.36. The summed E-state index contributed by atoms with van der Waals surface area (Å²) in [5.74, 6) is 1.71. The van der Waals surface area contributed by atoms with Gasteiger partial charge in [-0.05, 0) is 55.6 Å². The van der Waals surface area contributed by atoms with Crippen molar-refractivity contribution in [1.29, 1.82) is 0 Å². The molecule has 4 rings (SSSR count). The van der Waals surface area contributed by atoms with Crippen LogP contribution in [0, 0.1) is 0 Å². The number of hydrogen-bond donors (Lipinski definition) is 2. The van der Waals surface area contributed by atoms with Crippen molar-refractivity contribution in [3.05, 3.63) is 66.4 Å². The number of rotatable bonds is 9. The van der Waals surface area contributed by atoms with E-state index in [1.54, 1.807) is 42.1 Å². The average molecular weight is 513 g/mol. The molecule has 0 saturated heterocycles. The Balaban J connectivity index is 1.47. The van der Waals surface area contributed by atoms with E-state index in [-0.39, 0.29) is 12.5 Å². The maximum absolute atomic E-state index is 12.8. The van der Waals surface area contributed by atoms with Crippen LogP contribution in [-0.2, 0) is 18.0 Å². The number of likely N-dealkylation sites (N-methyl/N-ethyl adjacent to an activating group) is 1. The fourth-order valence-electron chi connectivity index (χ4n) is 3.74. The van der Waals surface area contributed by atoms with E-state index in [4.69, 9.17) is 4.74 Å². The molecule has 2 heterocycles. The topological polar surface area (TPSA) is 84.3 Å². The molecule has 0 spiro atoms. The zero-order valence-electron chi connectivity index (χ0n) is 20.6. The SMILES string of the molecule is CCN(CC)CC(=O)Nc1cc(Oc2ccc3c(c2)nc(Nc2ccc(C(F)(F)F)cc2)n3C)ccn1. The van der Waals surface area contributed by atoms with E-state index in [0.717, 1.165) is 30.7 Å². The molecule has 11 heteroatoms. The van der Waals surface area contributed by atoms with Gasteiger partial charge < -0.3 is 19.9 Å².